The van der Waals surface area contributed by atoms with Gasteiger partial charge in [-0.15, -0.1) is 0 Å². The minimum absolute atomic E-state index is 0.00598. The Labute approximate surface area is 113 Å². The standard InChI is InChI=1S/C15H25NOS/c1-11(2)9-10-18(17)13(4)15(16)14-7-5-12(3)6-8-14/h5-8,11,13,15H,9-10,16H2,1-4H3. The van der Waals surface area contributed by atoms with Gasteiger partial charge in [-0.2, -0.15) is 0 Å². The summed E-state index contributed by atoms with van der Waals surface area (Å²) in [5.41, 5.74) is 8.50. The Balaban J connectivity index is 2.62. The predicted molar refractivity (Wildman–Crippen MR) is 80.0 cm³/mol. The van der Waals surface area contributed by atoms with E-state index in [0.29, 0.717) is 5.92 Å². The molecule has 3 atom stereocenters. The van der Waals surface area contributed by atoms with Gasteiger partial charge < -0.3 is 5.73 Å². The molecule has 0 aliphatic carbocycles. The van der Waals surface area contributed by atoms with E-state index >= 15 is 0 Å². The molecule has 0 amide bonds. The molecular formula is C15H25NOS. The smallest absolute Gasteiger partial charge is 0.0512 e. The van der Waals surface area contributed by atoms with Crippen molar-refractivity contribution >= 4 is 10.8 Å². The first-order valence-corrected chi connectivity index (χ1v) is 7.99. The summed E-state index contributed by atoms with van der Waals surface area (Å²) < 4.78 is 12.2. The number of hydrogen-bond donors (Lipinski definition) is 1. The second kappa shape index (κ2) is 7.05. The van der Waals surface area contributed by atoms with Crippen LogP contribution < -0.4 is 5.73 Å². The van der Waals surface area contributed by atoms with Crippen LogP contribution in [0.2, 0.25) is 0 Å². The number of rotatable bonds is 6. The second-order valence-electron chi connectivity index (χ2n) is 5.41. The first kappa shape index (κ1) is 15.4. The van der Waals surface area contributed by atoms with Gasteiger partial charge in [-0.25, -0.2) is 0 Å². The molecule has 0 spiro atoms. The van der Waals surface area contributed by atoms with E-state index in [4.69, 9.17) is 5.73 Å². The molecule has 0 aliphatic rings. The maximum Gasteiger partial charge on any atom is 0.0512 e. The molecule has 0 aliphatic heterocycles. The van der Waals surface area contributed by atoms with Crippen molar-refractivity contribution in [3.8, 4) is 0 Å². The summed E-state index contributed by atoms with van der Waals surface area (Å²) in [7, 11) is -0.846. The molecule has 0 bridgehead atoms. The van der Waals surface area contributed by atoms with Crippen LogP contribution in [0.1, 0.15) is 44.4 Å². The highest BCUT2D eigenvalue weighted by molar-refractivity contribution is 7.85. The molecule has 3 unspecified atom stereocenters. The Morgan fingerprint density at radius 2 is 1.72 bits per heavy atom. The van der Waals surface area contributed by atoms with Crippen molar-refractivity contribution < 1.29 is 4.21 Å². The summed E-state index contributed by atoms with van der Waals surface area (Å²) in [5, 5.41) is 0.00598. The zero-order valence-electron chi connectivity index (χ0n) is 11.8. The molecular weight excluding hydrogens is 242 g/mol. The van der Waals surface area contributed by atoms with E-state index < -0.39 is 10.8 Å². The molecule has 1 aromatic carbocycles. The van der Waals surface area contributed by atoms with Gasteiger partial charge in [0.15, 0.2) is 0 Å². The van der Waals surface area contributed by atoms with E-state index in [1.807, 2.05) is 19.1 Å². The molecule has 0 radical (unpaired) electrons. The number of aryl methyl sites for hydroxylation is 1. The highest BCUT2D eigenvalue weighted by atomic mass is 32.2. The van der Waals surface area contributed by atoms with Gasteiger partial charge in [-0.3, -0.25) is 4.21 Å². The normalized spacial score (nSPS) is 16.6. The summed E-state index contributed by atoms with van der Waals surface area (Å²) in [6, 6.07) is 8.04. The molecule has 2 N–H and O–H groups in total. The van der Waals surface area contributed by atoms with Crippen molar-refractivity contribution in [1.82, 2.24) is 0 Å². The van der Waals surface area contributed by atoms with Crippen LogP contribution in [0.3, 0.4) is 0 Å². The van der Waals surface area contributed by atoms with E-state index in [1.54, 1.807) is 0 Å². The third kappa shape index (κ3) is 4.54. The molecule has 1 aromatic rings. The molecule has 18 heavy (non-hydrogen) atoms. The van der Waals surface area contributed by atoms with Crippen LogP contribution in [-0.2, 0) is 10.8 Å². The average Bonchev–Trinajstić information content (AvgIpc) is 2.35. The maximum absolute atomic E-state index is 12.2. The summed E-state index contributed by atoms with van der Waals surface area (Å²) in [6.45, 7) is 8.35. The van der Waals surface area contributed by atoms with Crippen LogP contribution in [-0.4, -0.2) is 15.2 Å². The summed E-state index contributed by atoms with van der Waals surface area (Å²) >= 11 is 0. The van der Waals surface area contributed by atoms with Gasteiger partial charge in [-0.1, -0.05) is 43.7 Å². The topological polar surface area (TPSA) is 43.1 Å². The largest absolute Gasteiger partial charge is 0.323 e. The van der Waals surface area contributed by atoms with Gasteiger partial charge >= 0.3 is 0 Å². The fourth-order valence-corrected chi connectivity index (χ4v) is 3.32. The number of hydrogen-bond acceptors (Lipinski definition) is 2. The van der Waals surface area contributed by atoms with Crippen LogP contribution in [0, 0.1) is 12.8 Å². The van der Waals surface area contributed by atoms with Gasteiger partial charge in [0.1, 0.15) is 0 Å². The van der Waals surface area contributed by atoms with E-state index in [2.05, 4.69) is 32.9 Å². The van der Waals surface area contributed by atoms with E-state index in [0.717, 1.165) is 17.7 Å². The molecule has 0 saturated heterocycles. The van der Waals surface area contributed by atoms with Crippen molar-refractivity contribution in [1.29, 1.82) is 0 Å². The molecule has 102 valence electrons. The highest BCUT2D eigenvalue weighted by Gasteiger charge is 2.20. The first-order chi connectivity index (χ1) is 8.41. The quantitative estimate of drug-likeness (QED) is 0.860. The summed E-state index contributed by atoms with van der Waals surface area (Å²) in [4.78, 5) is 0. The van der Waals surface area contributed by atoms with Gasteiger partial charge in [-0.05, 0) is 31.7 Å². The molecule has 1 rings (SSSR count). The van der Waals surface area contributed by atoms with Crippen molar-refractivity contribution in [2.45, 2.75) is 45.4 Å². The Morgan fingerprint density at radius 3 is 2.22 bits per heavy atom. The van der Waals surface area contributed by atoms with Gasteiger partial charge in [0.05, 0.1) is 5.25 Å². The molecule has 0 fully saturated rings. The predicted octanol–water partition coefficient (Wildman–Crippen LogP) is 3.18. The van der Waals surface area contributed by atoms with E-state index in [1.165, 1.54) is 5.56 Å². The lowest BCUT2D eigenvalue weighted by Gasteiger charge is -2.20. The molecule has 0 aromatic heterocycles. The van der Waals surface area contributed by atoms with Crippen molar-refractivity contribution in [3.05, 3.63) is 35.4 Å². The van der Waals surface area contributed by atoms with E-state index in [9.17, 15) is 4.21 Å². The van der Waals surface area contributed by atoms with Crippen molar-refractivity contribution in [2.75, 3.05) is 5.75 Å². The van der Waals surface area contributed by atoms with Crippen molar-refractivity contribution in [3.63, 3.8) is 0 Å². The minimum Gasteiger partial charge on any atom is -0.323 e. The van der Waals surface area contributed by atoms with Crippen LogP contribution in [0.15, 0.2) is 24.3 Å². The molecule has 0 saturated carbocycles. The first-order valence-electron chi connectivity index (χ1n) is 6.61. The zero-order chi connectivity index (χ0) is 13.7. The van der Waals surface area contributed by atoms with Gasteiger partial charge in [0.2, 0.25) is 0 Å². The fraction of sp³-hybridized carbons (Fsp3) is 0.600. The Morgan fingerprint density at radius 1 is 1.17 bits per heavy atom. The lowest BCUT2D eigenvalue weighted by molar-refractivity contribution is 0.606. The Bertz CT molecular complexity index is 386. The highest BCUT2D eigenvalue weighted by Crippen LogP contribution is 2.19. The SMILES string of the molecule is Cc1ccc(C(N)C(C)S(=O)CCC(C)C)cc1. The Hall–Kier alpha value is -0.670. The molecule has 3 heteroatoms. The lowest BCUT2D eigenvalue weighted by atomic mass is 10.0. The maximum atomic E-state index is 12.2. The van der Waals surface area contributed by atoms with Crippen LogP contribution in [0.25, 0.3) is 0 Å². The van der Waals surface area contributed by atoms with Crippen LogP contribution in [0.5, 0.6) is 0 Å². The van der Waals surface area contributed by atoms with Crippen LogP contribution >= 0.6 is 0 Å². The lowest BCUT2D eigenvalue weighted by Crippen LogP contribution is -2.29. The third-order valence-corrected chi connectivity index (χ3v) is 5.04. The molecule has 0 heterocycles. The third-order valence-electron chi connectivity index (χ3n) is 3.28. The molecule has 2 nitrogen and oxygen atoms in total. The Kier molecular flexibility index (Phi) is 6.03. The second-order valence-corrected chi connectivity index (χ2v) is 7.32. The minimum atomic E-state index is -0.846. The summed E-state index contributed by atoms with van der Waals surface area (Å²) in [6.07, 6.45) is 0.998. The fourth-order valence-electron chi connectivity index (χ4n) is 1.76. The average molecular weight is 267 g/mol. The van der Waals surface area contributed by atoms with Crippen LogP contribution in [0.4, 0.5) is 0 Å². The zero-order valence-corrected chi connectivity index (χ0v) is 12.7. The van der Waals surface area contributed by atoms with Gasteiger partial charge in [0.25, 0.3) is 0 Å². The number of nitrogens with two attached hydrogens (primary N) is 1. The van der Waals surface area contributed by atoms with Gasteiger partial charge in [0, 0.05) is 22.6 Å². The van der Waals surface area contributed by atoms with Crippen molar-refractivity contribution in [2.24, 2.45) is 11.7 Å². The summed E-state index contributed by atoms with van der Waals surface area (Å²) in [5.74, 6) is 1.34. The number of benzene rings is 1. The van der Waals surface area contributed by atoms with E-state index in [-0.39, 0.29) is 11.3 Å². The monoisotopic (exact) mass is 267 g/mol.